The molecule has 0 aliphatic carbocycles. The minimum absolute atomic E-state index is 0.132. The molecule has 0 aromatic carbocycles. The van der Waals surface area contributed by atoms with Gasteiger partial charge in [-0.1, -0.05) is 20.8 Å². The summed E-state index contributed by atoms with van der Waals surface area (Å²) in [6, 6.07) is 1.92. The summed E-state index contributed by atoms with van der Waals surface area (Å²) in [6.07, 6.45) is 6.94. The van der Waals surface area contributed by atoms with Gasteiger partial charge in [-0.15, -0.1) is 0 Å². The molecule has 0 saturated carbocycles. The predicted molar refractivity (Wildman–Crippen MR) is 81.4 cm³/mol. The number of rotatable bonds is 7. The van der Waals surface area contributed by atoms with Crippen LogP contribution in [-0.4, -0.2) is 38.9 Å². The molecule has 0 saturated heterocycles. The van der Waals surface area contributed by atoms with Crippen molar-refractivity contribution < 1.29 is 0 Å². The second-order valence-electron chi connectivity index (χ2n) is 6.14. The fraction of sp³-hybridized carbons (Fsp3) is 0.600. The van der Waals surface area contributed by atoms with Crippen LogP contribution in [0.3, 0.4) is 0 Å². The van der Waals surface area contributed by atoms with Crippen LogP contribution in [0.1, 0.15) is 32.9 Å². The lowest BCUT2D eigenvalue weighted by Crippen LogP contribution is -2.38. The number of aromatic nitrogens is 3. The highest BCUT2D eigenvalue weighted by Crippen LogP contribution is 2.17. The Morgan fingerprint density at radius 3 is 2.85 bits per heavy atom. The summed E-state index contributed by atoms with van der Waals surface area (Å²) in [7, 11) is 0. The second-order valence-corrected chi connectivity index (χ2v) is 6.14. The van der Waals surface area contributed by atoms with Crippen molar-refractivity contribution in [2.75, 3.05) is 19.6 Å². The SMILES string of the molecule is CCCN(Cc1cn2cccnc2n1)CC(C)(C)CN. The molecule has 0 fully saturated rings. The molecule has 0 unspecified atom stereocenters. The van der Waals surface area contributed by atoms with E-state index in [0.717, 1.165) is 37.5 Å². The molecule has 0 radical (unpaired) electrons. The molecule has 2 rings (SSSR count). The number of hydrogen-bond donors (Lipinski definition) is 1. The number of imidazole rings is 1. The third kappa shape index (κ3) is 3.77. The minimum Gasteiger partial charge on any atom is -0.330 e. The standard InChI is InChI=1S/C15H25N5/c1-4-7-19(12-15(2,3)11-16)9-13-10-20-8-5-6-17-14(20)18-13/h5-6,8,10H,4,7,9,11-12,16H2,1-3H3. The highest BCUT2D eigenvalue weighted by molar-refractivity contribution is 5.29. The zero-order valence-corrected chi connectivity index (χ0v) is 12.7. The quantitative estimate of drug-likeness (QED) is 0.839. The van der Waals surface area contributed by atoms with Gasteiger partial charge in [0.15, 0.2) is 0 Å². The second kappa shape index (κ2) is 6.33. The Balaban J connectivity index is 2.10. The summed E-state index contributed by atoms with van der Waals surface area (Å²) in [4.78, 5) is 11.3. The van der Waals surface area contributed by atoms with E-state index < -0.39 is 0 Å². The third-order valence-corrected chi connectivity index (χ3v) is 3.42. The molecular formula is C15H25N5. The molecule has 0 aliphatic heterocycles. The molecule has 0 aliphatic rings. The summed E-state index contributed by atoms with van der Waals surface area (Å²) in [6.45, 7) is 10.2. The van der Waals surface area contributed by atoms with Crippen LogP contribution in [0.5, 0.6) is 0 Å². The van der Waals surface area contributed by atoms with E-state index in [1.807, 2.05) is 16.7 Å². The Morgan fingerprint density at radius 2 is 2.20 bits per heavy atom. The Morgan fingerprint density at radius 1 is 1.40 bits per heavy atom. The predicted octanol–water partition coefficient (Wildman–Crippen LogP) is 1.93. The molecule has 0 spiro atoms. The average Bonchev–Trinajstić information content (AvgIpc) is 2.80. The van der Waals surface area contributed by atoms with Gasteiger partial charge in [-0.25, -0.2) is 9.97 Å². The lowest BCUT2D eigenvalue weighted by molar-refractivity contribution is 0.174. The summed E-state index contributed by atoms with van der Waals surface area (Å²) >= 11 is 0. The van der Waals surface area contributed by atoms with Crippen molar-refractivity contribution in [2.24, 2.45) is 11.1 Å². The van der Waals surface area contributed by atoms with Crippen molar-refractivity contribution in [1.29, 1.82) is 0 Å². The van der Waals surface area contributed by atoms with Gasteiger partial charge < -0.3 is 5.73 Å². The van der Waals surface area contributed by atoms with Crippen LogP contribution >= 0.6 is 0 Å². The van der Waals surface area contributed by atoms with Gasteiger partial charge in [0, 0.05) is 31.7 Å². The van der Waals surface area contributed by atoms with Crippen LogP contribution < -0.4 is 5.73 Å². The first-order valence-corrected chi connectivity index (χ1v) is 7.25. The maximum absolute atomic E-state index is 5.85. The van der Waals surface area contributed by atoms with Crippen LogP contribution in [0.15, 0.2) is 24.7 Å². The topological polar surface area (TPSA) is 59.5 Å². The van der Waals surface area contributed by atoms with E-state index in [1.54, 1.807) is 6.20 Å². The minimum atomic E-state index is 0.132. The normalized spacial score (nSPS) is 12.4. The van der Waals surface area contributed by atoms with E-state index in [9.17, 15) is 0 Å². The Bertz CT molecular complexity index is 513. The molecule has 2 aromatic heterocycles. The maximum atomic E-state index is 5.85. The Hall–Kier alpha value is -1.46. The monoisotopic (exact) mass is 275 g/mol. The van der Waals surface area contributed by atoms with E-state index in [4.69, 9.17) is 5.73 Å². The largest absolute Gasteiger partial charge is 0.330 e. The number of hydrogen-bond acceptors (Lipinski definition) is 4. The maximum Gasteiger partial charge on any atom is 0.233 e. The van der Waals surface area contributed by atoms with E-state index in [2.05, 4.69) is 41.8 Å². The van der Waals surface area contributed by atoms with E-state index in [1.165, 1.54) is 0 Å². The summed E-state index contributed by atoms with van der Waals surface area (Å²) in [5.74, 6) is 0.761. The van der Waals surface area contributed by atoms with Crippen molar-refractivity contribution in [3.63, 3.8) is 0 Å². The van der Waals surface area contributed by atoms with E-state index in [-0.39, 0.29) is 5.41 Å². The lowest BCUT2D eigenvalue weighted by Gasteiger charge is -2.31. The first-order valence-electron chi connectivity index (χ1n) is 7.25. The molecular weight excluding hydrogens is 250 g/mol. The number of nitrogens with zero attached hydrogens (tertiary/aromatic N) is 4. The van der Waals surface area contributed by atoms with Crippen molar-refractivity contribution in [3.05, 3.63) is 30.4 Å². The van der Waals surface area contributed by atoms with Crippen LogP contribution in [0.4, 0.5) is 0 Å². The number of nitrogens with two attached hydrogens (primary N) is 1. The van der Waals surface area contributed by atoms with Gasteiger partial charge in [0.25, 0.3) is 0 Å². The zero-order chi connectivity index (χ0) is 14.6. The summed E-state index contributed by atoms with van der Waals surface area (Å²) in [5.41, 5.74) is 7.04. The lowest BCUT2D eigenvalue weighted by atomic mass is 9.93. The van der Waals surface area contributed by atoms with Gasteiger partial charge in [0.2, 0.25) is 5.78 Å². The highest BCUT2D eigenvalue weighted by atomic mass is 15.2. The molecule has 5 nitrogen and oxygen atoms in total. The molecule has 2 aromatic rings. The third-order valence-electron chi connectivity index (χ3n) is 3.42. The van der Waals surface area contributed by atoms with Crippen molar-refractivity contribution in [3.8, 4) is 0 Å². The molecule has 5 heteroatoms. The van der Waals surface area contributed by atoms with E-state index in [0.29, 0.717) is 6.54 Å². The first kappa shape index (κ1) is 14.9. The van der Waals surface area contributed by atoms with E-state index >= 15 is 0 Å². The Labute approximate surface area is 120 Å². The fourth-order valence-corrected chi connectivity index (χ4v) is 2.38. The van der Waals surface area contributed by atoms with Crippen molar-refractivity contribution in [1.82, 2.24) is 19.3 Å². The first-order chi connectivity index (χ1) is 9.54. The fourth-order valence-electron chi connectivity index (χ4n) is 2.38. The van der Waals surface area contributed by atoms with Crippen molar-refractivity contribution in [2.45, 2.75) is 33.7 Å². The summed E-state index contributed by atoms with van der Waals surface area (Å²) in [5, 5.41) is 0. The molecule has 0 bridgehead atoms. The molecule has 0 amide bonds. The van der Waals surface area contributed by atoms with Crippen LogP contribution in [0, 0.1) is 5.41 Å². The number of fused-ring (bicyclic) bond motifs is 1. The van der Waals surface area contributed by atoms with Crippen LogP contribution in [0.25, 0.3) is 5.78 Å². The smallest absolute Gasteiger partial charge is 0.233 e. The molecule has 20 heavy (non-hydrogen) atoms. The summed E-state index contributed by atoms with van der Waals surface area (Å²) < 4.78 is 1.97. The van der Waals surface area contributed by atoms with Gasteiger partial charge in [0.1, 0.15) is 0 Å². The molecule has 2 N–H and O–H groups in total. The molecule has 0 atom stereocenters. The van der Waals surface area contributed by atoms with Gasteiger partial charge in [-0.05, 0) is 31.0 Å². The zero-order valence-electron chi connectivity index (χ0n) is 12.7. The van der Waals surface area contributed by atoms with Crippen LogP contribution in [0.2, 0.25) is 0 Å². The van der Waals surface area contributed by atoms with Gasteiger partial charge in [-0.3, -0.25) is 9.30 Å². The Kier molecular flexibility index (Phi) is 4.73. The van der Waals surface area contributed by atoms with Gasteiger partial charge in [0.05, 0.1) is 5.69 Å². The molecule has 2 heterocycles. The van der Waals surface area contributed by atoms with Gasteiger partial charge in [-0.2, -0.15) is 0 Å². The highest BCUT2D eigenvalue weighted by Gasteiger charge is 2.20. The average molecular weight is 275 g/mol. The van der Waals surface area contributed by atoms with Gasteiger partial charge >= 0.3 is 0 Å². The van der Waals surface area contributed by atoms with Crippen molar-refractivity contribution >= 4 is 5.78 Å². The van der Waals surface area contributed by atoms with Crippen LogP contribution in [-0.2, 0) is 6.54 Å². The molecule has 110 valence electrons.